The number of benzene rings is 1. The van der Waals surface area contributed by atoms with E-state index < -0.39 is 17.8 Å². The Morgan fingerprint density at radius 1 is 0.963 bits per heavy atom. The first-order valence-electron chi connectivity index (χ1n) is 8.18. The number of amides is 2. The summed E-state index contributed by atoms with van der Waals surface area (Å²) in [5, 5.41) is 13.4. The van der Waals surface area contributed by atoms with Crippen LogP contribution in [0, 0.1) is 0 Å². The molecular formula is C19H17N3O4S. The number of rotatable bonds is 6. The normalized spacial score (nSPS) is 10.4. The smallest absolute Gasteiger partial charge is 0.328 e. The molecule has 0 aliphatic rings. The third-order valence-corrected chi connectivity index (χ3v) is 4.67. The number of carboxylic acids is 1. The highest BCUT2D eigenvalue weighted by molar-refractivity contribution is 7.13. The summed E-state index contributed by atoms with van der Waals surface area (Å²) in [6.45, 7) is 0. The van der Waals surface area contributed by atoms with Crippen molar-refractivity contribution in [3.8, 4) is 10.6 Å². The predicted molar refractivity (Wildman–Crippen MR) is 103 cm³/mol. The first-order valence-corrected chi connectivity index (χ1v) is 9.06. The molecule has 3 N–H and O–H groups in total. The summed E-state index contributed by atoms with van der Waals surface area (Å²) in [4.78, 5) is 36.3. The zero-order valence-corrected chi connectivity index (χ0v) is 15.0. The molecule has 2 amide bonds. The average Bonchev–Trinajstić information content (AvgIpc) is 3.30. The number of aliphatic carboxylic acids is 1. The lowest BCUT2D eigenvalue weighted by Gasteiger charge is -2.14. The van der Waals surface area contributed by atoms with E-state index in [1.807, 2.05) is 17.5 Å². The highest BCUT2D eigenvalue weighted by Crippen LogP contribution is 2.26. The van der Waals surface area contributed by atoms with Crippen LogP contribution in [0.4, 0.5) is 5.69 Å². The third kappa shape index (κ3) is 4.62. The van der Waals surface area contributed by atoms with Crippen LogP contribution in [0.3, 0.4) is 0 Å². The van der Waals surface area contributed by atoms with Gasteiger partial charge in [-0.2, -0.15) is 0 Å². The van der Waals surface area contributed by atoms with Gasteiger partial charge in [0.05, 0.1) is 17.0 Å². The number of carbonyl (C=O) groups is 3. The second kappa shape index (κ2) is 8.33. The van der Waals surface area contributed by atoms with Gasteiger partial charge in [-0.05, 0) is 35.7 Å². The quantitative estimate of drug-likeness (QED) is 0.570. The predicted octanol–water partition coefficient (Wildman–Crippen LogP) is 2.94. The first-order chi connectivity index (χ1) is 13.0. The molecule has 0 aliphatic carbocycles. The maximum Gasteiger partial charge on any atom is 0.328 e. The van der Waals surface area contributed by atoms with Gasteiger partial charge in [-0.15, -0.1) is 11.3 Å². The summed E-state index contributed by atoms with van der Waals surface area (Å²) in [5.41, 5.74) is 4.36. The van der Waals surface area contributed by atoms with E-state index in [0.717, 1.165) is 4.88 Å². The zero-order chi connectivity index (χ0) is 19.2. The van der Waals surface area contributed by atoms with Crippen LogP contribution in [0.1, 0.15) is 12.1 Å². The Labute approximate surface area is 159 Å². The van der Waals surface area contributed by atoms with Crippen LogP contribution in [0.5, 0.6) is 0 Å². The Morgan fingerprint density at radius 3 is 2.41 bits per heavy atom. The Balaban J connectivity index is 1.81. The third-order valence-electron chi connectivity index (χ3n) is 3.78. The van der Waals surface area contributed by atoms with Crippen LogP contribution in [0.2, 0.25) is 0 Å². The highest BCUT2D eigenvalue weighted by Gasteiger charge is 2.19. The van der Waals surface area contributed by atoms with Gasteiger partial charge in [0.1, 0.15) is 0 Å². The molecule has 0 saturated heterocycles. The number of thiophene rings is 1. The molecule has 0 radical (unpaired) electrons. The molecule has 7 nitrogen and oxygen atoms in total. The van der Waals surface area contributed by atoms with Crippen molar-refractivity contribution in [1.82, 2.24) is 4.68 Å². The van der Waals surface area contributed by atoms with Crippen LogP contribution in [0.15, 0.2) is 60.0 Å². The topological polar surface area (TPSA) is 100 Å². The Hall–Kier alpha value is -3.39. The monoisotopic (exact) mass is 383 g/mol. The van der Waals surface area contributed by atoms with Gasteiger partial charge in [0.2, 0.25) is 0 Å². The van der Waals surface area contributed by atoms with Crippen LogP contribution in [-0.2, 0) is 20.8 Å². The summed E-state index contributed by atoms with van der Waals surface area (Å²) in [5.74, 6) is -2.59. The van der Waals surface area contributed by atoms with Crippen LogP contribution >= 0.6 is 11.3 Å². The average molecular weight is 383 g/mol. The second-order valence-electron chi connectivity index (χ2n) is 5.68. The van der Waals surface area contributed by atoms with E-state index in [1.165, 1.54) is 16.0 Å². The van der Waals surface area contributed by atoms with Crippen molar-refractivity contribution in [2.24, 2.45) is 0 Å². The molecule has 0 unspecified atom stereocenters. The maximum absolute atomic E-state index is 12.4. The Morgan fingerprint density at radius 2 is 1.74 bits per heavy atom. The van der Waals surface area contributed by atoms with E-state index in [2.05, 4.69) is 10.7 Å². The second-order valence-corrected chi connectivity index (χ2v) is 6.63. The molecule has 3 aromatic rings. The number of aryl methyl sites for hydroxylation is 1. The molecule has 2 heterocycles. The van der Waals surface area contributed by atoms with Gasteiger partial charge in [-0.1, -0.05) is 24.3 Å². The van der Waals surface area contributed by atoms with Gasteiger partial charge in [0, 0.05) is 17.8 Å². The van der Waals surface area contributed by atoms with Crippen molar-refractivity contribution in [3.05, 3.63) is 65.7 Å². The molecular weight excluding hydrogens is 366 g/mol. The fourth-order valence-electron chi connectivity index (χ4n) is 2.52. The number of nitrogens with one attached hydrogen (secondary N) is 2. The number of carboxylic acid groups (broad SMARTS) is 1. The summed E-state index contributed by atoms with van der Waals surface area (Å²) >= 11 is 1.48. The number of para-hydroxylation sites is 1. The molecule has 27 heavy (non-hydrogen) atoms. The Bertz CT molecular complexity index is 949. The molecule has 3 rings (SSSR count). The molecule has 1 aromatic carbocycles. The van der Waals surface area contributed by atoms with Gasteiger partial charge in [0.15, 0.2) is 0 Å². The zero-order valence-electron chi connectivity index (χ0n) is 14.2. The van der Waals surface area contributed by atoms with Gasteiger partial charge in [0.25, 0.3) is 0 Å². The molecule has 2 aromatic heterocycles. The van der Waals surface area contributed by atoms with Crippen molar-refractivity contribution in [1.29, 1.82) is 0 Å². The van der Waals surface area contributed by atoms with E-state index in [-0.39, 0.29) is 12.8 Å². The van der Waals surface area contributed by atoms with Gasteiger partial charge in [-0.25, -0.2) is 0 Å². The van der Waals surface area contributed by atoms with Crippen molar-refractivity contribution < 1.29 is 19.5 Å². The van der Waals surface area contributed by atoms with Crippen LogP contribution < -0.4 is 10.7 Å². The fraction of sp³-hybridized carbons (Fsp3) is 0.105. The lowest BCUT2D eigenvalue weighted by Crippen LogP contribution is -2.35. The molecule has 0 fully saturated rings. The van der Waals surface area contributed by atoms with Crippen molar-refractivity contribution >= 4 is 34.8 Å². The number of aromatic nitrogens is 1. The number of hydrogen-bond acceptors (Lipinski definition) is 4. The summed E-state index contributed by atoms with van der Waals surface area (Å²) in [7, 11) is 0. The van der Waals surface area contributed by atoms with E-state index in [0.29, 0.717) is 17.1 Å². The van der Waals surface area contributed by atoms with Crippen LogP contribution in [-0.4, -0.2) is 27.6 Å². The summed E-state index contributed by atoms with van der Waals surface area (Å²) < 4.78 is 1.47. The lowest BCUT2D eigenvalue weighted by molar-refractivity contribution is -0.137. The molecule has 8 heteroatoms. The number of carbonyl (C=O) groups excluding carboxylic acids is 2. The van der Waals surface area contributed by atoms with E-state index in [9.17, 15) is 14.4 Å². The standard InChI is InChI=1S/C19H17N3O4S/c23-17(24)11-9-14-8-10-15(16-7-4-12-27-16)22(14)21-19(26)18(25)20-13-5-2-1-3-6-13/h1-8,10,12H,9,11H2,(H,20,25)(H,21,26)(H,23,24). The number of anilines is 1. The fourth-order valence-corrected chi connectivity index (χ4v) is 3.26. The van der Waals surface area contributed by atoms with Crippen molar-refractivity contribution in [2.45, 2.75) is 12.8 Å². The molecule has 0 spiro atoms. The SMILES string of the molecule is O=C(O)CCc1ccc(-c2cccs2)n1NC(=O)C(=O)Nc1ccccc1. The minimum absolute atomic E-state index is 0.0834. The molecule has 138 valence electrons. The van der Waals surface area contributed by atoms with Crippen LogP contribution in [0.25, 0.3) is 10.6 Å². The molecule has 0 bridgehead atoms. The van der Waals surface area contributed by atoms with Gasteiger partial charge in [-0.3, -0.25) is 24.5 Å². The number of hydrogen-bond donors (Lipinski definition) is 3. The summed E-state index contributed by atoms with van der Waals surface area (Å²) in [6.07, 6.45) is 0.140. The Kier molecular flexibility index (Phi) is 5.68. The minimum Gasteiger partial charge on any atom is -0.481 e. The van der Waals surface area contributed by atoms with E-state index in [1.54, 1.807) is 42.5 Å². The summed E-state index contributed by atoms with van der Waals surface area (Å²) in [6, 6.07) is 15.9. The lowest BCUT2D eigenvalue weighted by atomic mass is 10.2. The molecule has 0 atom stereocenters. The maximum atomic E-state index is 12.4. The molecule has 0 saturated carbocycles. The van der Waals surface area contributed by atoms with E-state index >= 15 is 0 Å². The van der Waals surface area contributed by atoms with E-state index in [4.69, 9.17) is 5.11 Å². The van der Waals surface area contributed by atoms with Crippen molar-refractivity contribution in [2.75, 3.05) is 10.7 Å². The molecule has 0 aliphatic heterocycles. The van der Waals surface area contributed by atoms with Gasteiger partial charge >= 0.3 is 17.8 Å². The van der Waals surface area contributed by atoms with Crippen molar-refractivity contribution in [3.63, 3.8) is 0 Å². The first kappa shape index (κ1) is 18.4. The largest absolute Gasteiger partial charge is 0.481 e. The minimum atomic E-state index is -0.937. The highest BCUT2D eigenvalue weighted by atomic mass is 32.1. The number of nitrogens with zero attached hydrogens (tertiary/aromatic N) is 1. The van der Waals surface area contributed by atoms with Gasteiger partial charge < -0.3 is 10.4 Å².